The minimum atomic E-state index is -0.468. The number of rotatable bonds is 8. The molecule has 4 rings (SSSR count). The molecule has 0 saturated carbocycles. The van der Waals surface area contributed by atoms with Gasteiger partial charge in [-0.1, -0.05) is 35.3 Å². The lowest BCUT2D eigenvalue weighted by atomic mass is 10.2. The zero-order valence-corrected chi connectivity index (χ0v) is 18.4. The largest absolute Gasteiger partial charge is 0.497 e. The Balaban J connectivity index is 1.33. The number of anilines is 1. The maximum atomic E-state index is 12.5. The maximum Gasteiger partial charge on any atom is 0.293 e. The zero-order chi connectivity index (χ0) is 22.5. The summed E-state index contributed by atoms with van der Waals surface area (Å²) in [6, 6.07) is 15.7. The van der Waals surface area contributed by atoms with E-state index >= 15 is 0 Å². The molecule has 0 aliphatic carbocycles. The molecule has 0 aliphatic heterocycles. The number of furan rings is 1. The smallest absolute Gasteiger partial charge is 0.293 e. The number of nitrogens with one attached hydrogen (secondary N) is 1. The van der Waals surface area contributed by atoms with Crippen LogP contribution in [0, 0.1) is 0 Å². The Bertz CT molecular complexity index is 1240. The van der Waals surface area contributed by atoms with Gasteiger partial charge in [-0.15, -0.1) is 5.10 Å². The minimum absolute atomic E-state index is 0.120. The number of carbonyl (C=O) groups excluding carboxylic acids is 1. The number of hydrogen-bond donors (Lipinski definition) is 1. The number of methoxy groups -OCH3 is 1. The van der Waals surface area contributed by atoms with E-state index in [0.29, 0.717) is 33.8 Å². The number of carbonyl (C=O) groups is 1. The summed E-state index contributed by atoms with van der Waals surface area (Å²) in [5.74, 6) is 1.62. The van der Waals surface area contributed by atoms with Gasteiger partial charge in [0, 0.05) is 6.07 Å². The minimum Gasteiger partial charge on any atom is -0.497 e. The topological polar surface area (TPSA) is 91.4 Å². The second-order valence-electron chi connectivity index (χ2n) is 6.70. The molecule has 10 heteroatoms. The van der Waals surface area contributed by atoms with Gasteiger partial charge in [-0.05, 0) is 42.0 Å². The molecule has 0 spiro atoms. The van der Waals surface area contributed by atoms with Gasteiger partial charge >= 0.3 is 0 Å². The fraction of sp³-hybridized carbons (Fsp3) is 0.136. The van der Waals surface area contributed by atoms with Crippen molar-refractivity contribution >= 4 is 35.1 Å². The lowest BCUT2D eigenvalue weighted by Gasteiger charge is -2.06. The third-order valence-electron chi connectivity index (χ3n) is 4.40. The Morgan fingerprint density at radius 2 is 1.94 bits per heavy atom. The van der Waals surface area contributed by atoms with Crippen molar-refractivity contribution in [2.45, 2.75) is 13.2 Å². The number of ether oxygens (including phenoxy) is 2. The molecule has 164 valence electrons. The van der Waals surface area contributed by atoms with Gasteiger partial charge in [0.05, 0.1) is 23.7 Å². The Hall–Kier alpha value is -3.49. The van der Waals surface area contributed by atoms with Gasteiger partial charge < -0.3 is 13.9 Å². The van der Waals surface area contributed by atoms with Crippen LogP contribution in [0.1, 0.15) is 21.9 Å². The van der Waals surface area contributed by atoms with Crippen LogP contribution in [0.15, 0.2) is 65.3 Å². The summed E-state index contributed by atoms with van der Waals surface area (Å²) in [6.45, 7) is 0.587. The highest BCUT2D eigenvalue weighted by Gasteiger charge is 2.14. The second-order valence-corrected chi connectivity index (χ2v) is 7.52. The molecule has 0 atom stereocenters. The van der Waals surface area contributed by atoms with Gasteiger partial charge in [0.25, 0.3) is 5.91 Å². The lowest BCUT2D eigenvalue weighted by Crippen LogP contribution is -2.12. The number of amides is 1. The Morgan fingerprint density at radius 3 is 2.75 bits per heavy atom. The molecule has 0 fully saturated rings. The first-order valence-corrected chi connectivity index (χ1v) is 10.3. The average Bonchev–Trinajstić information content (AvgIpc) is 3.45. The predicted molar refractivity (Wildman–Crippen MR) is 120 cm³/mol. The van der Waals surface area contributed by atoms with Crippen molar-refractivity contribution in [2.75, 3.05) is 12.4 Å². The molecule has 0 bridgehead atoms. The Kier molecular flexibility index (Phi) is 6.63. The summed E-state index contributed by atoms with van der Waals surface area (Å²) in [7, 11) is 1.59. The van der Waals surface area contributed by atoms with Crippen molar-refractivity contribution in [3.63, 3.8) is 0 Å². The molecule has 0 unspecified atom stereocenters. The van der Waals surface area contributed by atoms with Crippen molar-refractivity contribution in [3.05, 3.63) is 88.1 Å². The summed E-state index contributed by atoms with van der Waals surface area (Å²) < 4.78 is 18.0. The first-order valence-electron chi connectivity index (χ1n) is 9.50. The summed E-state index contributed by atoms with van der Waals surface area (Å²) in [6.07, 6.45) is 1.51. The zero-order valence-electron chi connectivity index (χ0n) is 16.9. The highest BCUT2D eigenvalue weighted by molar-refractivity contribution is 6.42. The second kappa shape index (κ2) is 9.76. The normalized spacial score (nSPS) is 10.7. The molecule has 0 radical (unpaired) electrons. The molecule has 2 aromatic carbocycles. The molecule has 4 aromatic rings. The average molecular weight is 473 g/mol. The number of benzene rings is 2. The van der Waals surface area contributed by atoms with Gasteiger partial charge in [-0.3, -0.25) is 10.1 Å². The lowest BCUT2D eigenvalue weighted by molar-refractivity contribution is 0.0991. The van der Waals surface area contributed by atoms with Crippen molar-refractivity contribution < 1.29 is 18.7 Å². The number of hydrogen-bond acceptors (Lipinski definition) is 6. The number of halogens is 2. The summed E-state index contributed by atoms with van der Waals surface area (Å²) >= 11 is 12.0. The van der Waals surface area contributed by atoms with E-state index in [0.717, 1.165) is 5.56 Å². The quantitative estimate of drug-likeness (QED) is 0.385. The number of aromatic nitrogens is 3. The van der Waals surface area contributed by atoms with E-state index in [1.807, 2.05) is 18.2 Å². The molecule has 1 amide bonds. The first kappa shape index (κ1) is 21.7. The molecule has 0 saturated heterocycles. The molecule has 32 heavy (non-hydrogen) atoms. The van der Waals surface area contributed by atoms with Crippen LogP contribution < -0.4 is 14.8 Å². The predicted octanol–water partition coefficient (Wildman–Crippen LogP) is 5.07. The third-order valence-corrected chi connectivity index (χ3v) is 5.14. The van der Waals surface area contributed by atoms with E-state index in [9.17, 15) is 4.79 Å². The molecular formula is C22H18Cl2N4O4. The highest BCUT2D eigenvalue weighted by Crippen LogP contribution is 2.23. The van der Waals surface area contributed by atoms with Crippen molar-refractivity contribution in [1.82, 2.24) is 14.8 Å². The standard InChI is InChI=1S/C22H18Cl2N4O4/c1-30-15-3-2-4-16(10-15)31-12-17-6-8-20(32-17)21(29)26-22-25-13-28(27-22)11-14-5-7-18(23)19(24)9-14/h2-10,13H,11-12H2,1H3,(H,26,27,29). The maximum absolute atomic E-state index is 12.5. The third kappa shape index (κ3) is 5.40. The van der Waals surface area contributed by atoms with Crippen LogP contribution in [-0.2, 0) is 13.2 Å². The van der Waals surface area contributed by atoms with Gasteiger partial charge in [0.15, 0.2) is 5.76 Å². The highest BCUT2D eigenvalue weighted by atomic mass is 35.5. The van der Waals surface area contributed by atoms with Crippen LogP contribution in [0.3, 0.4) is 0 Å². The molecule has 2 aromatic heterocycles. The molecule has 8 nitrogen and oxygen atoms in total. The van der Waals surface area contributed by atoms with Gasteiger partial charge in [-0.2, -0.15) is 0 Å². The Labute approximate surface area is 193 Å². The van der Waals surface area contributed by atoms with Crippen molar-refractivity contribution in [2.24, 2.45) is 0 Å². The SMILES string of the molecule is COc1cccc(OCc2ccc(C(=O)Nc3ncn(Cc4ccc(Cl)c(Cl)c4)n3)o2)c1. The van der Waals surface area contributed by atoms with E-state index in [4.69, 9.17) is 37.1 Å². The van der Waals surface area contributed by atoms with E-state index in [-0.39, 0.29) is 18.3 Å². The van der Waals surface area contributed by atoms with E-state index < -0.39 is 5.91 Å². The van der Waals surface area contributed by atoms with Crippen molar-refractivity contribution in [1.29, 1.82) is 0 Å². The van der Waals surface area contributed by atoms with Crippen LogP contribution >= 0.6 is 23.2 Å². The van der Waals surface area contributed by atoms with Crippen molar-refractivity contribution in [3.8, 4) is 11.5 Å². The molecule has 0 aliphatic rings. The van der Waals surface area contributed by atoms with E-state index in [1.165, 1.54) is 6.33 Å². The summed E-state index contributed by atoms with van der Waals surface area (Å²) in [5.41, 5.74) is 0.897. The van der Waals surface area contributed by atoms with Crippen LogP contribution in [0.25, 0.3) is 0 Å². The van der Waals surface area contributed by atoms with E-state index in [2.05, 4.69) is 15.4 Å². The first-order chi connectivity index (χ1) is 15.5. The van der Waals surface area contributed by atoms with Crippen LogP contribution in [0.5, 0.6) is 11.5 Å². The molecular weight excluding hydrogens is 455 g/mol. The summed E-state index contributed by atoms with van der Waals surface area (Å²) in [5, 5.41) is 7.79. The summed E-state index contributed by atoms with van der Waals surface area (Å²) in [4.78, 5) is 16.6. The van der Waals surface area contributed by atoms with Gasteiger partial charge in [-0.25, -0.2) is 9.67 Å². The number of nitrogens with zero attached hydrogens (tertiary/aromatic N) is 3. The van der Waals surface area contributed by atoms with Crippen LogP contribution in [0.4, 0.5) is 5.95 Å². The monoisotopic (exact) mass is 472 g/mol. The molecule has 1 N–H and O–H groups in total. The van der Waals surface area contributed by atoms with E-state index in [1.54, 1.807) is 48.2 Å². The Morgan fingerprint density at radius 1 is 1.09 bits per heavy atom. The fourth-order valence-electron chi connectivity index (χ4n) is 2.84. The van der Waals surface area contributed by atoms with Crippen LogP contribution in [0.2, 0.25) is 10.0 Å². The van der Waals surface area contributed by atoms with Gasteiger partial charge in [0.1, 0.15) is 30.2 Å². The fourth-order valence-corrected chi connectivity index (χ4v) is 3.16. The van der Waals surface area contributed by atoms with Gasteiger partial charge in [0.2, 0.25) is 5.95 Å². The molecule has 2 heterocycles. The van der Waals surface area contributed by atoms with Crippen LogP contribution in [-0.4, -0.2) is 27.8 Å².